The number of piperidine rings is 1. The first-order valence-corrected chi connectivity index (χ1v) is 9.50. The Morgan fingerprint density at radius 1 is 1.27 bits per heavy atom. The topological polar surface area (TPSA) is 78.4 Å². The molecule has 0 atom stereocenters. The molecular formula is C18H23N5O2S. The van der Waals surface area contributed by atoms with Crippen LogP contribution in [0.3, 0.4) is 0 Å². The summed E-state index contributed by atoms with van der Waals surface area (Å²) in [6, 6.07) is 3.80. The van der Waals surface area contributed by atoms with Gasteiger partial charge >= 0.3 is 0 Å². The van der Waals surface area contributed by atoms with Crippen molar-refractivity contribution in [3.05, 3.63) is 41.2 Å². The fourth-order valence-electron chi connectivity index (χ4n) is 3.07. The fourth-order valence-corrected chi connectivity index (χ4v) is 3.61. The normalized spacial score (nSPS) is 15.6. The number of aromatic nitrogens is 2. The average Bonchev–Trinajstić information content (AvgIpc) is 3.14. The Hall–Kier alpha value is -2.32. The Balaban J connectivity index is 1.49. The number of carbonyl (C=O) groups is 2. The summed E-state index contributed by atoms with van der Waals surface area (Å²) in [7, 11) is 3.47. The van der Waals surface area contributed by atoms with Crippen LogP contribution in [0.2, 0.25) is 0 Å². The van der Waals surface area contributed by atoms with Crippen molar-refractivity contribution in [3.63, 3.8) is 0 Å². The number of anilines is 1. The summed E-state index contributed by atoms with van der Waals surface area (Å²) in [5.41, 5.74) is 1.63. The van der Waals surface area contributed by atoms with Gasteiger partial charge in [0.1, 0.15) is 0 Å². The SMILES string of the molecule is CN(C)C(=O)c1ccc(C2CCN(CC(=O)Nc3nccs3)CC2)nc1. The second-order valence-electron chi connectivity index (χ2n) is 6.61. The molecule has 3 rings (SSSR count). The number of thiazole rings is 1. The Kier molecular flexibility index (Phi) is 5.95. The lowest BCUT2D eigenvalue weighted by atomic mass is 9.93. The van der Waals surface area contributed by atoms with Crippen molar-refractivity contribution in [1.29, 1.82) is 0 Å². The second-order valence-corrected chi connectivity index (χ2v) is 7.50. The molecule has 8 heteroatoms. The van der Waals surface area contributed by atoms with Crippen LogP contribution < -0.4 is 5.32 Å². The van der Waals surface area contributed by atoms with Crippen molar-refractivity contribution in [3.8, 4) is 0 Å². The molecular weight excluding hydrogens is 350 g/mol. The van der Waals surface area contributed by atoms with Crippen LogP contribution in [0, 0.1) is 0 Å². The predicted molar refractivity (Wildman–Crippen MR) is 101 cm³/mol. The van der Waals surface area contributed by atoms with Gasteiger partial charge in [-0.1, -0.05) is 0 Å². The van der Waals surface area contributed by atoms with Crippen LogP contribution in [0.4, 0.5) is 5.13 Å². The van der Waals surface area contributed by atoms with Crippen molar-refractivity contribution in [2.75, 3.05) is 39.0 Å². The molecule has 0 aromatic carbocycles. The van der Waals surface area contributed by atoms with E-state index in [1.165, 1.54) is 11.3 Å². The molecule has 0 radical (unpaired) electrons. The van der Waals surface area contributed by atoms with Crippen LogP contribution in [0.25, 0.3) is 0 Å². The van der Waals surface area contributed by atoms with E-state index in [1.807, 2.05) is 17.5 Å². The van der Waals surface area contributed by atoms with Gasteiger partial charge in [0.05, 0.1) is 12.1 Å². The number of rotatable bonds is 5. The molecule has 1 N–H and O–H groups in total. The van der Waals surface area contributed by atoms with E-state index in [0.29, 0.717) is 23.2 Å². The van der Waals surface area contributed by atoms with Crippen molar-refractivity contribution >= 4 is 28.3 Å². The summed E-state index contributed by atoms with van der Waals surface area (Å²) in [5.74, 6) is 0.310. The summed E-state index contributed by atoms with van der Waals surface area (Å²) >= 11 is 1.42. The van der Waals surface area contributed by atoms with Gasteiger partial charge in [-0.2, -0.15) is 0 Å². The van der Waals surface area contributed by atoms with Gasteiger partial charge in [-0.15, -0.1) is 11.3 Å². The first-order valence-electron chi connectivity index (χ1n) is 8.62. The van der Waals surface area contributed by atoms with Gasteiger partial charge in [0.15, 0.2) is 5.13 Å². The number of nitrogens with zero attached hydrogens (tertiary/aromatic N) is 4. The highest BCUT2D eigenvalue weighted by Crippen LogP contribution is 2.26. The lowest BCUT2D eigenvalue weighted by molar-refractivity contribution is -0.117. The molecule has 1 saturated heterocycles. The highest BCUT2D eigenvalue weighted by Gasteiger charge is 2.23. The smallest absolute Gasteiger partial charge is 0.254 e. The minimum atomic E-state index is -0.0369. The molecule has 2 aromatic heterocycles. The maximum absolute atomic E-state index is 12.1. The van der Waals surface area contributed by atoms with Crippen LogP contribution in [-0.2, 0) is 4.79 Å². The highest BCUT2D eigenvalue weighted by molar-refractivity contribution is 7.13. The van der Waals surface area contributed by atoms with Crippen LogP contribution >= 0.6 is 11.3 Å². The Morgan fingerprint density at radius 2 is 2.04 bits per heavy atom. The first-order chi connectivity index (χ1) is 12.5. The molecule has 0 unspecified atom stereocenters. The van der Waals surface area contributed by atoms with Crippen LogP contribution in [0.5, 0.6) is 0 Å². The number of hydrogen-bond acceptors (Lipinski definition) is 6. The molecule has 0 aliphatic carbocycles. The molecule has 138 valence electrons. The van der Waals surface area contributed by atoms with Gasteiger partial charge in [-0.05, 0) is 38.1 Å². The predicted octanol–water partition coefficient (Wildman–Crippen LogP) is 2.06. The lowest BCUT2D eigenvalue weighted by Gasteiger charge is -2.31. The number of nitrogens with one attached hydrogen (secondary N) is 1. The van der Waals surface area contributed by atoms with E-state index in [-0.39, 0.29) is 11.8 Å². The van der Waals surface area contributed by atoms with Crippen LogP contribution in [-0.4, -0.2) is 65.3 Å². The van der Waals surface area contributed by atoms with Gasteiger partial charge < -0.3 is 10.2 Å². The number of carbonyl (C=O) groups excluding carboxylic acids is 2. The maximum atomic E-state index is 12.1. The largest absolute Gasteiger partial charge is 0.345 e. The standard InChI is InChI=1S/C18H23N5O2S/c1-22(2)17(25)14-3-4-15(20-11-14)13-5-8-23(9-6-13)12-16(24)21-18-19-7-10-26-18/h3-4,7,10-11,13H,5-6,8-9,12H2,1-2H3,(H,19,21,24). The van der Waals surface area contributed by atoms with E-state index in [0.717, 1.165) is 31.6 Å². The Labute approximate surface area is 157 Å². The Bertz CT molecular complexity index is 737. The van der Waals surface area contributed by atoms with Crippen molar-refractivity contribution in [2.24, 2.45) is 0 Å². The number of hydrogen-bond donors (Lipinski definition) is 1. The molecule has 0 spiro atoms. The number of pyridine rings is 1. The van der Waals surface area contributed by atoms with Gasteiger partial charge in [-0.3, -0.25) is 19.5 Å². The average molecular weight is 373 g/mol. The molecule has 7 nitrogen and oxygen atoms in total. The van der Waals surface area contributed by atoms with Gasteiger partial charge in [0.2, 0.25) is 5.91 Å². The summed E-state index contributed by atoms with van der Waals surface area (Å²) < 4.78 is 0. The summed E-state index contributed by atoms with van der Waals surface area (Å²) in [5, 5.41) is 5.30. The quantitative estimate of drug-likeness (QED) is 0.868. The zero-order chi connectivity index (χ0) is 18.5. The molecule has 2 aromatic rings. The highest BCUT2D eigenvalue weighted by atomic mass is 32.1. The monoisotopic (exact) mass is 373 g/mol. The van der Waals surface area contributed by atoms with E-state index < -0.39 is 0 Å². The van der Waals surface area contributed by atoms with E-state index in [2.05, 4.69) is 20.2 Å². The van der Waals surface area contributed by atoms with Crippen molar-refractivity contribution < 1.29 is 9.59 Å². The molecule has 1 aliphatic heterocycles. The summed E-state index contributed by atoms with van der Waals surface area (Å²) in [6.07, 6.45) is 5.25. The summed E-state index contributed by atoms with van der Waals surface area (Å²) in [6.45, 7) is 2.10. The molecule has 26 heavy (non-hydrogen) atoms. The van der Waals surface area contributed by atoms with Crippen LogP contribution in [0.1, 0.15) is 34.8 Å². The first kappa shape index (κ1) is 18.5. The second kappa shape index (κ2) is 8.37. The third kappa shape index (κ3) is 4.64. The lowest BCUT2D eigenvalue weighted by Crippen LogP contribution is -2.38. The summed E-state index contributed by atoms with van der Waals surface area (Å²) in [4.78, 5) is 36.2. The molecule has 0 bridgehead atoms. The van der Waals surface area contributed by atoms with Gasteiger partial charge in [0.25, 0.3) is 5.91 Å². The molecule has 1 aliphatic rings. The van der Waals surface area contributed by atoms with Crippen LogP contribution in [0.15, 0.2) is 29.9 Å². The molecule has 3 heterocycles. The van der Waals surface area contributed by atoms with Gasteiger partial charge in [0, 0.05) is 43.5 Å². The minimum Gasteiger partial charge on any atom is -0.345 e. The third-order valence-electron chi connectivity index (χ3n) is 4.49. The van der Waals surface area contributed by atoms with E-state index in [4.69, 9.17) is 0 Å². The van der Waals surface area contributed by atoms with Crippen molar-refractivity contribution in [1.82, 2.24) is 19.8 Å². The van der Waals surface area contributed by atoms with Gasteiger partial charge in [-0.25, -0.2) is 4.98 Å². The maximum Gasteiger partial charge on any atom is 0.254 e. The molecule has 0 saturated carbocycles. The van der Waals surface area contributed by atoms with E-state index in [1.54, 1.807) is 31.4 Å². The fraction of sp³-hybridized carbons (Fsp3) is 0.444. The molecule has 1 fully saturated rings. The zero-order valence-corrected chi connectivity index (χ0v) is 15.8. The zero-order valence-electron chi connectivity index (χ0n) is 15.0. The van der Waals surface area contributed by atoms with Crippen molar-refractivity contribution in [2.45, 2.75) is 18.8 Å². The third-order valence-corrected chi connectivity index (χ3v) is 5.18. The number of amides is 2. The number of likely N-dealkylation sites (tertiary alicyclic amines) is 1. The molecule has 2 amide bonds. The Morgan fingerprint density at radius 3 is 2.62 bits per heavy atom. The van der Waals surface area contributed by atoms with E-state index >= 15 is 0 Å². The minimum absolute atomic E-state index is 0.0249. The van der Waals surface area contributed by atoms with E-state index in [9.17, 15) is 9.59 Å².